The Morgan fingerprint density at radius 1 is 1.20 bits per heavy atom. The van der Waals surface area contributed by atoms with Crippen LogP contribution in [-0.2, 0) is 5.54 Å². The Labute approximate surface area is 84.5 Å². The van der Waals surface area contributed by atoms with Crippen LogP contribution in [0.1, 0.15) is 18.4 Å². The minimum Gasteiger partial charge on any atom is -0.393 e. The molecule has 2 nitrogen and oxygen atoms in total. The van der Waals surface area contributed by atoms with Gasteiger partial charge in [0.2, 0.25) is 0 Å². The van der Waals surface area contributed by atoms with E-state index in [1.165, 1.54) is 0 Å². The van der Waals surface area contributed by atoms with Crippen molar-refractivity contribution in [3.63, 3.8) is 0 Å². The molecule has 0 bridgehead atoms. The lowest BCUT2D eigenvalue weighted by molar-refractivity contribution is 0.0174. The fourth-order valence-electron chi connectivity index (χ4n) is 2.00. The highest BCUT2D eigenvalue weighted by Crippen LogP contribution is 2.41. The van der Waals surface area contributed by atoms with Gasteiger partial charge in [-0.1, -0.05) is 0 Å². The summed E-state index contributed by atoms with van der Waals surface area (Å²) in [4.78, 5) is 0. The molecule has 0 aromatic heterocycles. The summed E-state index contributed by atoms with van der Waals surface area (Å²) in [5.41, 5.74) is 4.16. The predicted molar refractivity (Wildman–Crippen MR) is 47.4 cm³/mol. The van der Waals surface area contributed by atoms with E-state index in [1.807, 2.05) is 0 Å². The number of halogens is 3. The zero-order chi connectivity index (χ0) is 11.2. The van der Waals surface area contributed by atoms with Crippen LogP contribution in [0.15, 0.2) is 12.1 Å². The van der Waals surface area contributed by atoms with Crippen molar-refractivity contribution in [3.05, 3.63) is 35.1 Å². The molecule has 82 valence electrons. The Bertz CT molecular complexity index is 379. The summed E-state index contributed by atoms with van der Waals surface area (Å²) in [5.74, 6) is -2.97. The molecular weight excluding hydrogens is 207 g/mol. The first-order chi connectivity index (χ1) is 6.92. The lowest BCUT2D eigenvalue weighted by atomic mass is 9.70. The van der Waals surface area contributed by atoms with Crippen LogP contribution < -0.4 is 5.73 Å². The van der Waals surface area contributed by atoms with Gasteiger partial charge < -0.3 is 10.8 Å². The normalized spacial score (nSPS) is 30.1. The number of rotatable bonds is 1. The van der Waals surface area contributed by atoms with Crippen LogP contribution in [0.2, 0.25) is 0 Å². The fraction of sp³-hybridized carbons (Fsp3) is 0.400. The molecule has 1 saturated carbocycles. The number of hydrogen-bond acceptors (Lipinski definition) is 2. The maximum Gasteiger partial charge on any atom is 0.134 e. The van der Waals surface area contributed by atoms with Gasteiger partial charge in [0.15, 0.2) is 0 Å². The second kappa shape index (κ2) is 3.21. The van der Waals surface area contributed by atoms with E-state index in [9.17, 15) is 13.2 Å². The summed E-state index contributed by atoms with van der Waals surface area (Å²) in [5, 5.41) is 9.08. The molecule has 3 N–H and O–H groups in total. The van der Waals surface area contributed by atoms with Crippen LogP contribution in [0.4, 0.5) is 13.2 Å². The molecule has 0 unspecified atom stereocenters. The van der Waals surface area contributed by atoms with Gasteiger partial charge >= 0.3 is 0 Å². The third-order valence-corrected chi connectivity index (χ3v) is 2.70. The molecule has 1 aliphatic carbocycles. The van der Waals surface area contributed by atoms with Crippen molar-refractivity contribution in [3.8, 4) is 0 Å². The first kappa shape index (κ1) is 10.4. The van der Waals surface area contributed by atoms with Gasteiger partial charge in [-0.05, 0) is 12.8 Å². The molecule has 0 saturated heterocycles. The first-order valence-electron chi connectivity index (χ1n) is 4.54. The van der Waals surface area contributed by atoms with Crippen molar-refractivity contribution < 1.29 is 18.3 Å². The average molecular weight is 217 g/mol. The molecular formula is C10H10F3NO. The Hall–Kier alpha value is -1.07. The largest absolute Gasteiger partial charge is 0.393 e. The summed E-state index contributed by atoms with van der Waals surface area (Å²) in [6, 6.07) is 1.19. The summed E-state index contributed by atoms with van der Waals surface area (Å²) < 4.78 is 39.3. The van der Waals surface area contributed by atoms with Crippen molar-refractivity contribution in [2.45, 2.75) is 24.5 Å². The van der Waals surface area contributed by atoms with E-state index >= 15 is 0 Å². The van der Waals surface area contributed by atoms with Crippen molar-refractivity contribution in [2.75, 3.05) is 0 Å². The van der Waals surface area contributed by atoms with Gasteiger partial charge in [0.25, 0.3) is 0 Å². The van der Waals surface area contributed by atoms with Gasteiger partial charge in [-0.15, -0.1) is 0 Å². The highest BCUT2D eigenvalue weighted by Gasteiger charge is 2.45. The van der Waals surface area contributed by atoms with Crippen LogP contribution >= 0.6 is 0 Å². The van der Waals surface area contributed by atoms with Crippen molar-refractivity contribution in [2.24, 2.45) is 5.73 Å². The van der Waals surface area contributed by atoms with E-state index in [1.54, 1.807) is 0 Å². The number of nitrogens with two attached hydrogens (primary N) is 1. The molecule has 1 aromatic carbocycles. The zero-order valence-electron chi connectivity index (χ0n) is 7.80. The lowest BCUT2D eigenvalue weighted by Crippen LogP contribution is -2.52. The molecule has 0 amide bonds. The second-order valence-corrected chi connectivity index (χ2v) is 3.96. The van der Waals surface area contributed by atoms with E-state index in [2.05, 4.69) is 0 Å². The third kappa shape index (κ3) is 1.61. The van der Waals surface area contributed by atoms with Gasteiger partial charge in [-0.2, -0.15) is 0 Å². The molecule has 1 fully saturated rings. The molecule has 0 spiro atoms. The number of aliphatic hydroxyl groups excluding tert-OH is 1. The van der Waals surface area contributed by atoms with Gasteiger partial charge in [-0.25, -0.2) is 13.2 Å². The molecule has 0 radical (unpaired) electrons. The van der Waals surface area contributed by atoms with Crippen molar-refractivity contribution in [1.82, 2.24) is 0 Å². The van der Waals surface area contributed by atoms with E-state index in [0.29, 0.717) is 12.1 Å². The van der Waals surface area contributed by atoms with E-state index in [4.69, 9.17) is 10.8 Å². The number of benzene rings is 1. The van der Waals surface area contributed by atoms with Crippen LogP contribution in [0.25, 0.3) is 0 Å². The third-order valence-electron chi connectivity index (χ3n) is 2.70. The molecule has 1 aromatic rings. The SMILES string of the molecule is NC1(c2c(F)cc(F)cc2F)CC(O)C1. The van der Waals surface area contributed by atoms with Crippen molar-refractivity contribution in [1.29, 1.82) is 0 Å². The number of hydrogen-bond donors (Lipinski definition) is 2. The van der Waals surface area contributed by atoms with Crippen molar-refractivity contribution >= 4 is 0 Å². The lowest BCUT2D eigenvalue weighted by Gasteiger charge is -2.42. The Kier molecular flexibility index (Phi) is 2.24. The summed E-state index contributed by atoms with van der Waals surface area (Å²) in [6.45, 7) is 0. The summed E-state index contributed by atoms with van der Waals surface area (Å²) >= 11 is 0. The minimum atomic E-state index is -1.21. The highest BCUT2D eigenvalue weighted by atomic mass is 19.1. The Morgan fingerprint density at radius 3 is 2.07 bits per heavy atom. The van der Waals surface area contributed by atoms with Gasteiger partial charge in [0, 0.05) is 17.7 Å². The molecule has 1 aliphatic rings. The molecule has 0 heterocycles. The summed E-state index contributed by atoms with van der Waals surface area (Å²) in [6.07, 6.45) is -0.460. The monoisotopic (exact) mass is 217 g/mol. The molecule has 0 atom stereocenters. The predicted octanol–water partition coefficient (Wildman–Crippen LogP) is 1.41. The minimum absolute atomic E-state index is 0.0898. The second-order valence-electron chi connectivity index (χ2n) is 3.96. The molecule has 15 heavy (non-hydrogen) atoms. The van der Waals surface area contributed by atoms with Crippen LogP contribution in [-0.4, -0.2) is 11.2 Å². The highest BCUT2D eigenvalue weighted by molar-refractivity contribution is 5.31. The molecule has 2 rings (SSSR count). The molecule has 0 aliphatic heterocycles. The molecule has 5 heteroatoms. The summed E-state index contributed by atoms with van der Waals surface area (Å²) in [7, 11) is 0. The standard InChI is InChI=1S/C10H10F3NO/c11-5-1-7(12)9(8(13)2-5)10(14)3-6(15)4-10/h1-2,6,15H,3-4,14H2. The van der Waals surface area contributed by atoms with Crippen LogP contribution in [0.3, 0.4) is 0 Å². The smallest absolute Gasteiger partial charge is 0.134 e. The fourth-order valence-corrected chi connectivity index (χ4v) is 2.00. The van der Waals surface area contributed by atoms with Crippen LogP contribution in [0.5, 0.6) is 0 Å². The van der Waals surface area contributed by atoms with Crippen LogP contribution in [0, 0.1) is 17.5 Å². The topological polar surface area (TPSA) is 46.2 Å². The van der Waals surface area contributed by atoms with E-state index < -0.39 is 29.1 Å². The average Bonchev–Trinajstić information content (AvgIpc) is 1.98. The quantitative estimate of drug-likeness (QED) is 0.747. The van der Waals surface area contributed by atoms with E-state index in [-0.39, 0.29) is 18.4 Å². The number of aliphatic hydroxyl groups is 1. The first-order valence-corrected chi connectivity index (χ1v) is 4.54. The van der Waals surface area contributed by atoms with E-state index in [0.717, 1.165) is 0 Å². The van der Waals surface area contributed by atoms with Gasteiger partial charge in [0.1, 0.15) is 17.5 Å². The zero-order valence-corrected chi connectivity index (χ0v) is 7.80. The maximum absolute atomic E-state index is 13.3. The Morgan fingerprint density at radius 2 is 1.67 bits per heavy atom. The maximum atomic E-state index is 13.3. The Balaban J connectivity index is 2.45. The van der Waals surface area contributed by atoms with Gasteiger partial charge in [-0.3, -0.25) is 0 Å². The van der Waals surface area contributed by atoms with Gasteiger partial charge in [0.05, 0.1) is 11.6 Å².